The van der Waals surface area contributed by atoms with Gasteiger partial charge in [0.15, 0.2) is 0 Å². The Kier molecular flexibility index (Phi) is 24.2. The second-order valence-electron chi connectivity index (χ2n) is 12.7. The standard InChI is InChI=1S/C16H25N3O4.C7H14.C6H9NO2.C4H7NO4.2CH4/c1-11-9-14(21)19(16(11)23)12(15(22)17-2)10-13(20)18-7-5-3-4-6-8-18;1-2-4-6-7-5-3-1;1-4-3-5(8)7(2)6(4)9;5-2(4(8)9)1-3(6)7;;/h11-12H,3-10H2,1-2H3,(H,17,22);1-7H2;4H,3H2,1-2H3;2H,1,5H2,(H,6,7)(H,8,9);2*1H4. The highest BCUT2D eigenvalue weighted by Crippen LogP contribution is 2.24. The molecule has 15 heteroatoms. The summed E-state index contributed by atoms with van der Waals surface area (Å²) < 4.78 is 0. The summed E-state index contributed by atoms with van der Waals surface area (Å²) in [5.74, 6) is -4.52. The smallest absolute Gasteiger partial charge is 0.321 e. The molecule has 50 heavy (non-hydrogen) atoms. The Morgan fingerprint density at radius 3 is 1.44 bits per heavy atom. The molecule has 0 bridgehead atoms. The lowest BCUT2D eigenvalue weighted by molar-refractivity contribution is -0.149. The number of carbonyl (C=O) groups is 8. The van der Waals surface area contributed by atoms with Crippen molar-refractivity contribution >= 4 is 47.4 Å². The highest BCUT2D eigenvalue weighted by molar-refractivity contribution is 6.07. The molecule has 4 rings (SSSR count). The molecular weight excluding hydrogens is 650 g/mol. The maximum Gasteiger partial charge on any atom is 0.321 e. The van der Waals surface area contributed by atoms with Crippen molar-refractivity contribution < 1.29 is 48.6 Å². The molecule has 15 nitrogen and oxygen atoms in total. The Balaban J connectivity index is 0. The normalized spacial score (nSPS) is 21.5. The predicted octanol–water partition coefficient (Wildman–Crippen LogP) is 3.18. The molecule has 0 aromatic heterocycles. The minimum absolute atomic E-state index is 0. The van der Waals surface area contributed by atoms with Gasteiger partial charge in [0.25, 0.3) is 0 Å². The third-order valence-corrected chi connectivity index (χ3v) is 8.66. The van der Waals surface area contributed by atoms with Gasteiger partial charge in [-0.25, -0.2) is 0 Å². The molecule has 288 valence electrons. The maximum absolute atomic E-state index is 12.5. The first-order valence-corrected chi connectivity index (χ1v) is 17.0. The molecule has 3 heterocycles. The van der Waals surface area contributed by atoms with Crippen molar-refractivity contribution in [2.24, 2.45) is 17.6 Å². The van der Waals surface area contributed by atoms with Crippen LogP contribution >= 0.6 is 0 Å². The summed E-state index contributed by atoms with van der Waals surface area (Å²) in [7, 11) is 2.97. The molecular formula is C35H63N5O10. The van der Waals surface area contributed by atoms with E-state index in [1.54, 1.807) is 18.7 Å². The number of amides is 6. The van der Waals surface area contributed by atoms with Gasteiger partial charge >= 0.3 is 11.9 Å². The van der Waals surface area contributed by atoms with Gasteiger partial charge in [-0.1, -0.05) is 86.5 Å². The molecule has 0 aromatic rings. The molecule has 3 aliphatic heterocycles. The maximum atomic E-state index is 12.5. The molecule has 6 amide bonds. The zero-order chi connectivity index (χ0) is 36.4. The number of carbonyl (C=O) groups excluding carboxylic acids is 6. The van der Waals surface area contributed by atoms with E-state index in [-0.39, 0.29) is 63.1 Å². The van der Waals surface area contributed by atoms with E-state index in [9.17, 15) is 38.4 Å². The van der Waals surface area contributed by atoms with E-state index in [0.717, 1.165) is 30.6 Å². The molecule has 0 spiro atoms. The fourth-order valence-electron chi connectivity index (χ4n) is 5.67. The Morgan fingerprint density at radius 1 is 0.740 bits per heavy atom. The Hall–Kier alpha value is -3.88. The Bertz CT molecular complexity index is 1120. The van der Waals surface area contributed by atoms with Gasteiger partial charge in [-0.15, -0.1) is 0 Å². The van der Waals surface area contributed by atoms with Crippen LogP contribution in [0.25, 0.3) is 0 Å². The molecule has 4 unspecified atom stereocenters. The summed E-state index contributed by atoms with van der Waals surface area (Å²) in [6.07, 6.45) is 14.4. The van der Waals surface area contributed by atoms with Gasteiger partial charge in [0.2, 0.25) is 35.4 Å². The number of carboxylic acid groups (broad SMARTS) is 2. The number of carboxylic acids is 2. The lowest BCUT2D eigenvalue weighted by atomic mass is 10.1. The van der Waals surface area contributed by atoms with Crippen LogP contribution in [-0.4, -0.2) is 112 Å². The van der Waals surface area contributed by atoms with E-state index < -0.39 is 42.3 Å². The van der Waals surface area contributed by atoms with Gasteiger partial charge < -0.3 is 26.2 Å². The number of aliphatic carboxylic acids is 2. The van der Waals surface area contributed by atoms with Crippen molar-refractivity contribution in [1.29, 1.82) is 0 Å². The van der Waals surface area contributed by atoms with Crippen LogP contribution in [0.15, 0.2) is 0 Å². The van der Waals surface area contributed by atoms with E-state index in [2.05, 4.69) is 5.32 Å². The number of imide groups is 2. The zero-order valence-corrected chi connectivity index (χ0v) is 28.9. The molecule has 4 fully saturated rings. The van der Waals surface area contributed by atoms with Gasteiger partial charge in [0.1, 0.15) is 12.1 Å². The van der Waals surface area contributed by atoms with Crippen molar-refractivity contribution in [2.45, 2.75) is 137 Å². The minimum Gasteiger partial charge on any atom is -0.481 e. The molecule has 0 radical (unpaired) electrons. The van der Waals surface area contributed by atoms with Crippen molar-refractivity contribution in [2.75, 3.05) is 27.2 Å². The number of nitrogens with zero attached hydrogens (tertiary/aromatic N) is 3. The monoisotopic (exact) mass is 713 g/mol. The van der Waals surface area contributed by atoms with E-state index in [4.69, 9.17) is 15.9 Å². The largest absolute Gasteiger partial charge is 0.481 e. The van der Waals surface area contributed by atoms with Crippen LogP contribution in [0.5, 0.6) is 0 Å². The van der Waals surface area contributed by atoms with E-state index in [1.165, 1.54) is 63.9 Å². The van der Waals surface area contributed by atoms with Crippen molar-refractivity contribution in [1.82, 2.24) is 20.0 Å². The van der Waals surface area contributed by atoms with Gasteiger partial charge in [-0.3, -0.25) is 48.2 Å². The second kappa shape index (κ2) is 25.1. The Labute approximate surface area is 297 Å². The number of likely N-dealkylation sites (N-methyl/N-ethyl adjacent to an activating group) is 1. The summed E-state index contributed by atoms with van der Waals surface area (Å²) in [4.78, 5) is 94.0. The van der Waals surface area contributed by atoms with Gasteiger partial charge in [-0.2, -0.15) is 0 Å². The molecule has 3 saturated heterocycles. The van der Waals surface area contributed by atoms with Crippen LogP contribution in [0, 0.1) is 11.8 Å². The van der Waals surface area contributed by atoms with Crippen LogP contribution in [0.4, 0.5) is 0 Å². The SMILES string of the molecule is C.C.C1CCCCCC1.CC1CC(=O)N(C)C1=O.CNC(=O)C(CC(=O)N1CCCCCC1)N1C(=O)CC(C)C1=O.NC(CC(=O)O)C(=O)O. The molecule has 1 aliphatic carbocycles. The molecule has 1 saturated carbocycles. The summed E-state index contributed by atoms with van der Waals surface area (Å²) in [5.41, 5.74) is 4.84. The first-order valence-electron chi connectivity index (χ1n) is 17.0. The van der Waals surface area contributed by atoms with E-state index in [1.807, 2.05) is 0 Å². The third kappa shape index (κ3) is 16.7. The zero-order valence-electron chi connectivity index (χ0n) is 28.9. The quantitative estimate of drug-likeness (QED) is 0.221. The first kappa shape index (κ1) is 48.2. The lowest BCUT2D eigenvalue weighted by Crippen LogP contribution is -2.51. The van der Waals surface area contributed by atoms with Crippen LogP contribution in [-0.2, 0) is 38.4 Å². The van der Waals surface area contributed by atoms with Gasteiger partial charge in [0.05, 0.1) is 12.8 Å². The van der Waals surface area contributed by atoms with Crippen molar-refractivity contribution in [3.8, 4) is 0 Å². The predicted molar refractivity (Wildman–Crippen MR) is 188 cm³/mol. The fraction of sp³-hybridized carbons (Fsp3) is 0.771. The number of nitrogens with one attached hydrogen (secondary N) is 1. The average molecular weight is 714 g/mol. The fourth-order valence-corrected chi connectivity index (χ4v) is 5.67. The first-order chi connectivity index (χ1) is 22.6. The van der Waals surface area contributed by atoms with E-state index in [0.29, 0.717) is 19.5 Å². The van der Waals surface area contributed by atoms with Crippen LogP contribution in [0.1, 0.15) is 125 Å². The summed E-state index contributed by atoms with van der Waals surface area (Å²) >= 11 is 0. The van der Waals surface area contributed by atoms with Gasteiger partial charge in [0, 0.05) is 51.9 Å². The third-order valence-electron chi connectivity index (χ3n) is 8.66. The van der Waals surface area contributed by atoms with Crippen LogP contribution in [0.2, 0.25) is 0 Å². The number of hydrogen-bond acceptors (Lipinski definition) is 9. The van der Waals surface area contributed by atoms with Crippen molar-refractivity contribution in [3.63, 3.8) is 0 Å². The average Bonchev–Trinajstić information content (AvgIpc) is 3.35. The second-order valence-corrected chi connectivity index (χ2v) is 12.7. The minimum atomic E-state index is -1.29. The van der Waals surface area contributed by atoms with Crippen LogP contribution in [0.3, 0.4) is 0 Å². The topological polar surface area (TPSA) is 225 Å². The number of likely N-dealkylation sites (tertiary alicyclic amines) is 3. The number of nitrogens with two attached hydrogens (primary N) is 1. The lowest BCUT2D eigenvalue weighted by Gasteiger charge is -2.27. The molecule has 4 atom stereocenters. The summed E-state index contributed by atoms with van der Waals surface area (Å²) in [5, 5.41) is 18.5. The molecule has 4 aliphatic rings. The molecule has 0 aromatic carbocycles. The number of hydrogen-bond donors (Lipinski definition) is 4. The highest BCUT2D eigenvalue weighted by Gasteiger charge is 2.43. The summed E-state index contributed by atoms with van der Waals surface area (Å²) in [6, 6.07) is -2.33. The van der Waals surface area contributed by atoms with E-state index >= 15 is 0 Å². The Morgan fingerprint density at radius 2 is 1.16 bits per heavy atom. The molecule has 5 N–H and O–H groups in total. The highest BCUT2D eigenvalue weighted by atomic mass is 16.4. The summed E-state index contributed by atoms with van der Waals surface area (Å²) in [6.45, 7) is 4.79. The van der Waals surface area contributed by atoms with Crippen LogP contribution < -0.4 is 11.1 Å². The number of rotatable bonds is 7. The van der Waals surface area contributed by atoms with Gasteiger partial charge in [-0.05, 0) is 12.8 Å². The van der Waals surface area contributed by atoms with Crippen molar-refractivity contribution in [3.05, 3.63) is 0 Å².